The zero-order valence-electron chi connectivity index (χ0n) is 3.23. The number of hydrogen-bond acceptors (Lipinski definition) is 1. The number of rotatable bonds is 2. The van der Waals surface area contributed by atoms with E-state index >= 15 is 0 Å². The van der Waals surface area contributed by atoms with Crippen LogP contribution < -0.4 is 0 Å². The Hall–Kier alpha value is 0.351. The molecule has 4 heteroatoms. The Bertz CT molecular complexity index is 46.1. The van der Waals surface area contributed by atoms with E-state index in [1.54, 1.807) is 5.70 Å². The summed E-state index contributed by atoms with van der Waals surface area (Å²) in [5.41, 5.74) is 1.59. The van der Waals surface area contributed by atoms with E-state index in [0.717, 1.165) is 0 Å². The van der Waals surface area contributed by atoms with E-state index in [1.165, 1.54) is 0 Å². The van der Waals surface area contributed by atoms with Gasteiger partial charge in [-0.1, -0.05) is 5.70 Å². The Morgan fingerprint density at radius 3 is 2.50 bits per heavy atom. The summed E-state index contributed by atoms with van der Waals surface area (Å²) in [6, 6.07) is 0. The van der Waals surface area contributed by atoms with Crippen LogP contribution in [-0.4, -0.2) is 31.7 Å². The third-order valence-electron chi connectivity index (χ3n) is 0.321. The molecule has 0 aromatic heterocycles. The molecule has 0 aliphatic carbocycles. The second-order valence-corrected chi connectivity index (χ2v) is 6.68. The first-order chi connectivity index (χ1) is 2.81. The zero-order chi connectivity index (χ0) is 4.99. The SMILES string of the molecule is C=C[Si](O)[Si][Si]. The van der Waals surface area contributed by atoms with Gasteiger partial charge in [-0.2, -0.15) is 0 Å². The van der Waals surface area contributed by atoms with Crippen molar-refractivity contribution >= 4 is 26.9 Å². The smallest absolute Gasteiger partial charge is 0.207 e. The van der Waals surface area contributed by atoms with Gasteiger partial charge in [0.05, 0.1) is 8.55 Å². The molecule has 0 saturated carbocycles. The highest BCUT2D eigenvalue weighted by atomic mass is 29.5. The Morgan fingerprint density at radius 1 is 2.00 bits per heavy atom. The molecule has 6 radical (unpaired) electrons. The molecule has 0 rings (SSSR count). The largest absolute Gasteiger partial charge is 0.431 e. The monoisotopic (exact) mass is 128 g/mol. The fourth-order valence-electron chi connectivity index (χ4n) is 0.0510. The van der Waals surface area contributed by atoms with Crippen LogP contribution in [0.4, 0.5) is 0 Å². The Labute approximate surface area is 44.6 Å². The minimum atomic E-state index is -1.16. The predicted molar refractivity (Wildman–Crippen MR) is 29.7 cm³/mol. The summed E-state index contributed by atoms with van der Waals surface area (Å²) >= 11 is 0. The van der Waals surface area contributed by atoms with E-state index in [4.69, 9.17) is 4.80 Å². The van der Waals surface area contributed by atoms with Gasteiger partial charge < -0.3 is 4.80 Å². The maximum absolute atomic E-state index is 8.61. The maximum atomic E-state index is 8.61. The topological polar surface area (TPSA) is 20.2 Å². The van der Waals surface area contributed by atoms with Gasteiger partial charge >= 0.3 is 0 Å². The third kappa shape index (κ3) is 2.58. The molecule has 0 spiro atoms. The van der Waals surface area contributed by atoms with Gasteiger partial charge in [-0.3, -0.25) is 0 Å². The van der Waals surface area contributed by atoms with Gasteiger partial charge in [0.2, 0.25) is 8.56 Å². The summed E-state index contributed by atoms with van der Waals surface area (Å²) in [6.45, 7) is 3.40. The van der Waals surface area contributed by atoms with Gasteiger partial charge in [-0.05, 0) is 0 Å². The average Bonchev–Trinajstić information content (AvgIpc) is 1.65. The van der Waals surface area contributed by atoms with Crippen molar-refractivity contribution in [3.8, 4) is 0 Å². The molecular formula is C2H4OSi3. The first-order valence-corrected chi connectivity index (χ1v) is 6.45. The maximum Gasteiger partial charge on any atom is 0.207 e. The lowest BCUT2D eigenvalue weighted by molar-refractivity contribution is 0.606. The van der Waals surface area contributed by atoms with Gasteiger partial charge in [-0.25, -0.2) is 0 Å². The molecule has 0 heterocycles. The molecule has 0 amide bonds. The van der Waals surface area contributed by atoms with Crippen LogP contribution in [0.1, 0.15) is 0 Å². The third-order valence-corrected chi connectivity index (χ3v) is 4.65. The molecule has 1 N–H and O–H groups in total. The van der Waals surface area contributed by atoms with Gasteiger partial charge in [0.15, 0.2) is 0 Å². The van der Waals surface area contributed by atoms with E-state index in [0.29, 0.717) is 8.55 Å². The number of hydrogen-bond donors (Lipinski definition) is 1. The van der Waals surface area contributed by atoms with Crippen molar-refractivity contribution in [2.45, 2.75) is 0 Å². The van der Waals surface area contributed by atoms with E-state index < -0.39 is 8.56 Å². The van der Waals surface area contributed by atoms with Crippen molar-refractivity contribution in [2.75, 3.05) is 0 Å². The minimum absolute atomic E-state index is 0.476. The van der Waals surface area contributed by atoms with Gasteiger partial charge in [0.1, 0.15) is 0 Å². The minimum Gasteiger partial charge on any atom is -0.431 e. The molecule has 0 aliphatic rings. The van der Waals surface area contributed by atoms with E-state index in [1.807, 2.05) is 0 Å². The molecule has 0 atom stereocenters. The summed E-state index contributed by atoms with van der Waals surface area (Å²) in [5, 5.41) is 0. The summed E-state index contributed by atoms with van der Waals surface area (Å²) in [4.78, 5) is 8.61. The van der Waals surface area contributed by atoms with Gasteiger partial charge in [0, 0.05) is 9.76 Å². The highest BCUT2D eigenvalue weighted by molar-refractivity contribution is 7.30. The van der Waals surface area contributed by atoms with Crippen molar-refractivity contribution in [3.05, 3.63) is 12.3 Å². The molecule has 0 unspecified atom stereocenters. The Kier molecular flexibility index (Phi) is 3.74. The first-order valence-electron chi connectivity index (χ1n) is 1.42. The van der Waals surface area contributed by atoms with Crippen LogP contribution in [-0.2, 0) is 0 Å². The van der Waals surface area contributed by atoms with Crippen molar-refractivity contribution in [2.24, 2.45) is 0 Å². The highest BCUT2D eigenvalue weighted by Gasteiger charge is 1.93. The van der Waals surface area contributed by atoms with Crippen LogP contribution >= 0.6 is 0 Å². The molecule has 0 aromatic carbocycles. The van der Waals surface area contributed by atoms with Crippen LogP contribution in [0.5, 0.6) is 0 Å². The Morgan fingerprint density at radius 2 is 2.50 bits per heavy atom. The van der Waals surface area contributed by atoms with Crippen LogP contribution in [0.2, 0.25) is 0 Å². The van der Waals surface area contributed by atoms with Crippen molar-refractivity contribution < 1.29 is 4.80 Å². The quantitative estimate of drug-likeness (QED) is 0.472. The van der Waals surface area contributed by atoms with Gasteiger partial charge in [0.25, 0.3) is 0 Å². The molecular weight excluding hydrogens is 124 g/mol. The van der Waals surface area contributed by atoms with Crippen LogP contribution in [0.25, 0.3) is 0 Å². The van der Waals surface area contributed by atoms with Crippen LogP contribution in [0, 0.1) is 0 Å². The second-order valence-electron chi connectivity index (χ2n) is 0.714. The molecule has 0 aromatic rings. The van der Waals surface area contributed by atoms with E-state index in [-0.39, 0.29) is 0 Å². The highest BCUT2D eigenvalue weighted by Crippen LogP contribution is 1.65. The van der Waals surface area contributed by atoms with Crippen LogP contribution in [0.3, 0.4) is 0 Å². The fraction of sp³-hybridized carbons (Fsp3) is 0. The summed E-state index contributed by atoms with van der Waals surface area (Å²) in [7, 11) is 2.48. The average molecular weight is 128 g/mol. The standard InChI is InChI=1S/C2H4OSi3/c1-2-6(3)5-4/h2-3H,1H2. The lowest BCUT2D eigenvalue weighted by Gasteiger charge is -1.87. The summed E-state index contributed by atoms with van der Waals surface area (Å²) in [5.74, 6) is 0. The first kappa shape index (κ1) is 6.35. The molecule has 6 heavy (non-hydrogen) atoms. The van der Waals surface area contributed by atoms with Crippen molar-refractivity contribution in [3.63, 3.8) is 0 Å². The molecule has 0 saturated heterocycles. The predicted octanol–water partition coefficient (Wildman–Crippen LogP) is -1.02. The van der Waals surface area contributed by atoms with E-state index in [2.05, 4.69) is 16.3 Å². The van der Waals surface area contributed by atoms with Crippen molar-refractivity contribution in [1.29, 1.82) is 0 Å². The molecule has 1 nitrogen and oxygen atoms in total. The molecule has 0 bridgehead atoms. The van der Waals surface area contributed by atoms with Gasteiger partial charge in [-0.15, -0.1) is 6.58 Å². The zero-order valence-corrected chi connectivity index (χ0v) is 6.23. The second kappa shape index (κ2) is 3.54. The lowest BCUT2D eigenvalue weighted by atomic mass is 11.3. The lowest BCUT2D eigenvalue weighted by Crippen LogP contribution is -2.18. The van der Waals surface area contributed by atoms with Crippen molar-refractivity contribution in [1.82, 2.24) is 0 Å². The molecule has 0 fully saturated rings. The summed E-state index contributed by atoms with van der Waals surface area (Å²) in [6.07, 6.45) is 0. The fourth-order valence-corrected chi connectivity index (χ4v) is 1.38. The van der Waals surface area contributed by atoms with E-state index in [9.17, 15) is 0 Å². The molecule has 0 aliphatic heterocycles. The van der Waals surface area contributed by atoms with Crippen LogP contribution in [0.15, 0.2) is 12.3 Å². The normalized spacial score (nSPS) is 9.17. The Balaban J connectivity index is 2.96. The summed E-state index contributed by atoms with van der Waals surface area (Å²) < 4.78 is 0. The molecule has 30 valence electrons.